The summed E-state index contributed by atoms with van der Waals surface area (Å²) in [7, 11) is 0. The number of hydrogen-bond donors (Lipinski definition) is 3. The smallest absolute Gasteiger partial charge is 0.167 e. The van der Waals surface area contributed by atoms with Crippen molar-refractivity contribution in [3.63, 3.8) is 0 Å². The molecule has 1 aliphatic rings. The number of aromatic nitrogens is 5. The average Bonchev–Trinajstić information content (AvgIpc) is 3.11. The molecule has 2 aromatic heterocycles. The molecule has 1 saturated carbocycles. The van der Waals surface area contributed by atoms with Crippen LogP contribution in [0.5, 0.6) is 0 Å². The maximum Gasteiger partial charge on any atom is 0.167 e. The summed E-state index contributed by atoms with van der Waals surface area (Å²) in [5.41, 5.74) is 7.11. The zero-order valence-electron chi connectivity index (χ0n) is 10.3. The molecule has 6 nitrogen and oxygen atoms in total. The van der Waals surface area contributed by atoms with Crippen LogP contribution in [0.2, 0.25) is 0 Å². The Morgan fingerprint density at radius 2 is 2.22 bits per heavy atom. The van der Waals surface area contributed by atoms with E-state index in [4.69, 9.17) is 5.73 Å². The van der Waals surface area contributed by atoms with Gasteiger partial charge in [-0.2, -0.15) is 5.10 Å². The highest BCUT2D eigenvalue weighted by Crippen LogP contribution is 2.32. The monoisotopic (exact) mass is 246 g/mol. The molecular formula is C12H18N6. The Balaban J connectivity index is 1.68. The van der Waals surface area contributed by atoms with Crippen LogP contribution in [-0.4, -0.2) is 25.1 Å². The molecule has 0 unspecified atom stereocenters. The van der Waals surface area contributed by atoms with Crippen molar-refractivity contribution in [2.24, 2.45) is 5.73 Å². The van der Waals surface area contributed by atoms with Crippen LogP contribution in [0.4, 0.5) is 0 Å². The molecule has 1 fully saturated rings. The second-order valence-corrected chi connectivity index (χ2v) is 4.95. The summed E-state index contributed by atoms with van der Waals surface area (Å²) < 4.78 is 0. The van der Waals surface area contributed by atoms with Gasteiger partial charge in [0.15, 0.2) is 5.82 Å². The molecule has 6 heteroatoms. The van der Waals surface area contributed by atoms with Gasteiger partial charge in [-0.3, -0.25) is 5.10 Å². The van der Waals surface area contributed by atoms with Crippen molar-refractivity contribution >= 4 is 0 Å². The molecule has 0 bridgehead atoms. The van der Waals surface area contributed by atoms with E-state index in [1.165, 1.54) is 25.7 Å². The zero-order chi connectivity index (χ0) is 12.4. The van der Waals surface area contributed by atoms with Gasteiger partial charge >= 0.3 is 0 Å². The minimum atomic E-state index is -0.183. The molecule has 0 aliphatic heterocycles. The molecule has 1 atom stereocenters. The third kappa shape index (κ3) is 2.28. The Kier molecular flexibility index (Phi) is 3.10. The van der Waals surface area contributed by atoms with Crippen molar-refractivity contribution in [1.29, 1.82) is 0 Å². The SMILES string of the molecule is N[C@@H](Cc1cnc[nH]1)c1n[nH]c(C2CCCC2)n1. The van der Waals surface area contributed by atoms with E-state index in [-0.39, 0.29) is 6.04 Å². The summed E-state index contributed by atoms with van der Waals surface area (Å²) in [6.45, 7) is 0. The third-order valence-corrected chi connectivity index (χ3v) is 3.59. The van der Waals surface area contributed by atoms with Crippen LogP contribution in [0.1, 0.15) is 55.0 Å². The highest BCUT2D eigenvalue weighted by Gasteiger charge is 2.22. The molecule has 0 spiro atoms. The normalized spacial score (nSPS) is 18.3. The topological polar surface area (TPSA) is 96.3 Å². The summed E-state index contributed by atoms with van der Waals surface area (Å²) in [4.78, 5) is 11.6. The molecule has 0 saturated heterocycles. The van der Waals surface area contributed by atoms with Gasteiger partial charge in [-0.25, -0.2) is 9.97 Å². The van der Waals surface area contributed by atoms with Crippen molar-refractivity contribution in [2.75, 3.05) is 0 Å². The second kappa shape index (κ2) is 4.89. The number of nitrogens with two attached hydrogens (primary N) is 1. The van der Waals surface area contributed by atoms with E-state index in [0.29, 0.717) is 18.2 Å². The van der Waals surface area contributed by atoms with Gasteiger partial charge in [-0.05, 0) is 12.8 Å². The molecule has 2 aromatic rings. The van der Waals surface area contributed by atoms with Gasteiger partial charge in [0.2, 0.25) is 0 Å². The van der Waals surface area contributed by atoms with Crippen LogP contribution in [0.15, 0.2) is 12.5 Å². The van der Waals surface area contributed by atoms with E-state index in [9.17, 15) is 0 Å². The van der Waals surface area contributed by atoms with E-state index >= 15 is 0 Å². The van der Waals surface area contributed by atoms with Crippen molar-refractivity contribution in [2.45, 2.75) is 44.1 Å². The number of rotatable bonds is 4. The second-order valence-electron chi connectivity index (χ2n) is 4.95. The van der Waals surface area contributed by atoms with Crippen LogP contribution in [0, 0.1) is 0 Å². The Hall–Kier alpha value is -1.69. The van der Waals surface area contributed by atoms with Gasteiger partial charge in [0.25, 0.3) is 0 Å². The summed E-state index contributed by atoms with van der Waals surface area (Å²) in [6, 6.07) is -0.183. The number of nitrogens with one attached hydrogen (secondary N) is 2. The molecule has 0 amide bonds. The number of aromatic amines is 2. The molecule has 0 aromatic carbocycles. The van der Waals surface area contributed by atoms with E-state index in [2.05, 4.69) is 25.1 Å². The van der Waals surface area contributed by atoms with Crippen LogP contribution in [0.25, 0.3) is 0 Å². The molecule has 1 aliphatic carbocycles. The summed E-state index contributed by atoms with van der Waals surface area (Å²) >= 11 is 0. The Bertz CT molecular complexity index is 482. The summed E-state index contributed by atoms with van der Waals surface area (Å²) in [5.74, 6) is 2.25. The number of hydrogen-bond acceptors (Lipinski definition) is 4. The molecule has 18 heavy (non-hydrogen) atoms. The minimum absolute atomic E-state index is 0.183. The maximum atomic E-state index is 6.11. The highest BCUT2D eigenvalue weighted by molar-refractivity contribution is 5.06. The predicted octanol–water partition coefficient (Wildman–Crippen LogP) is 1.43. The van der Waals surface area contributed by atoms with Crippen molar-refractivity contribution in [3.05, 3.63) is 29.9 Å². The molecule has 4 N–H and O–H groups in total. The van der Waals surface area contributed by atoms with Gasteiger partial charge in [0, 0.05) is 24.2 Å². The number of H-pyrrole nitrogens is 2. The van der Waals surface area contributed by atoms with Gasteiger partial charge in [0.1, 0.15) is 5.82 Å². The van der Waals surface area contributed by atoms with E-state index in [1.54, 1.807) is 12.5 Å². The summed E-state index contributed by atoms with van der Waals surface area (Å²) in [5, 5.41) is 7.29. The fourth-order valence-corrected chi connectivity index (χ4v) is 2.56. The summed E-state index contributed by atoms with van der Waals surface area (Å²) in [6.07, 6.45) is 9.13. The van der Waals surface area contributed by atoms with Crippen LogP contribution in [-0.2, 0) is 6.42 Å². The standard InChI is InChI=1S/C12H18N6/c13-10(5-9-6-14-7-15-9)12-16-11(17-18-12)8-3-1-2-4-8/h6-8,10H,1-5,13H2,(H,14,15)(H,16,17,18)/t10-/m0/s1. The fraction of sp³-hybridized carbons (Fsp3) is 0.583. The quantitative estimate of drug-likeness (QED) is 0.760. The van der Waals surface area contributed by atoms with Gasteiger partial charge < -0.3 is 10.7 Å². The van der Waals surface area contributed by atoms with Crippen molar-refractivity contribution in [1.82, 2.24) is 25.1 Å². The van der Waals surface area contributed by atoms with Gasteiger partial charge in [0.05, 0.1) is 12.4 Å². The number of nitrogens with zero attached hydrogens (tertiary/aromatic N) is 3. The molecule has 3 rings (SSSR count). The lowest BCUT2D eigenvalue weighted by Gasteiger charge is -2.05. The van der Waals surface area contributed by atoms with Crippen LogP contribution in [0.3, 0.4) is 0 Å². The molecular weight excluding hydrogens is 228 g/mol. The Morgan fingerprint density at radius 3 is 2.94 bits per heavy atom. The lowest BCUT2D eigenvalue weighted by atomic mass is 10.1. The lowest BCUT2D eigenvalue weighted by molar-refractivity contribution is 0.653. The maximum absolute atomic E-state index is 6.11. The van der Waals surface area contributed by atoms with Gasteiger partial charge in [-0.1, -0.05) is 12.8 Å². The molecule has 0 radical (unpaired) electrons. The van der Waals surface area contributed by atoms with Crippen molar-refractivity contribution < 1.29 is 0 Å². The van der Waals surface area contributed by atoms with E-state index in [0.717, 1.165) is 11.5 Å². The highest BCUT2D eigenvalue weighted by atomic mass is 15.2. The first-order valence-electron chi connectivity index (χ1n) is 6.48. The first-order chi connectivity index (χ1) is 8.83. The zero-order valence-corrected chi connectivity index (χ0v) is 10.3. The van der Waals surface area contributed by atoms with Crippen molar-refractivity contribution in [3.8, 4) is 0 Å². The van der Waals surface area contributed by atoms with Gasteiger partial charge in [-0.15, -0.1) is 0 Å². The molecule has 2 heterocycles. The average molecular weight is 246 g/mol. The minimum Gasteiger partial charge on any atom is -0.348 e. The largest absolute Gasteiger partial charge is 0.348 e. The molecule has 96 valence electrons. The lowest BCUT2D eigenvalue weighted by Crippen LogP contribution is -2.15. The number of imidazole rings is 1. The first-order valence-corrected chi connectivity index (χ1v) is 6.48. The van der Waals surface area contributed by atoms with Crippen LogP contribution < -0.4 is 5.73 Å². The Morgan fingerprint density at radius 1 is 1.39 bits per heavy atom. The first kappa shape index (κ1) is 11.4. The Labute approximate surface area is 105 Å². The van der Waals surface area contributed by atoms with E-state index < -0.39 is 0 Å². The fourth-order valence-electron chi connectivity index (χ4n) is 2.56. The predicted molar refractivity (Wildman–Crippen MR) is 66.8 cm³/mol. The third-order valence-electron chi connectivity index (χ3n) is 3.59. The van der Waals surface area contributed by atoms with E-state index in [1.807, 2.05) is 0 Å². The van der Waals surface area contributed by atoms with Crippen LogP contribution >= 0.6 is 0 Å².